The maximum absolute atomic E-state index is 4.96. The van der Waals surface area contributed by atoms with E-state index < -0.39 is 0 Å². The van der Waals surface area contributed by atoms with E-state index in [-0.39, 0.29) is 6.17 Å². The van der Waals surface area contributed by atoms with Gasteiger partial charge in [0.15, 0.2) is 0 Å². The molecule has 0 amide bonds. The van der Waals surface area contributed by atoms with Crippen LogP contribution in [0.25, 0.3) is 0 Å². The Morgan fingerprint density at radius 1 is 1.38 bits per heavy atom. The van der Waals surface area contributed by atoms with Gasteiger partial charge in [0.25, 0.3) is 0 Å². The van der Waals surface area contributed by atoms with Gasteiger partial charge in [-0.1, -0.05) is 30.4 Å². The first-order chi connectivity index (χ1) is 6.42. The summed E-state index contributed by atoms with van der Waals surface area (Å²) in [6.07, 6.45) is 0.220. The Morgan fingerprint density at radius 3 is 2.85 bits per heavy atom. The van der Waals surface area contributed by atoms with Crippen LogP contribution in [0.3, 0.4) is 0 Å². The number of rotatable bonds is 2. The zero-order valence-corrected chi connectivity index (χ0v) is 8.13. The summed E-state index contributed by atoms with van der Waals surface area (Å²) in [5.41, 5.74) is 1.23. The maximum atomic E-state index is 4.96. The normalized spacial score (nSPS) is 21.8. The van der Waals surface area contributed by atoms with Gasteiger partial charge in [-0.2, -0.15) is 0 Å². The maximum Gasteiger partial charge on any atom is 0.109 e. The van der Waals surface area contributed by atoms with Crippen LogP contribution in [0, 0.1) is 0 Å². The number of anilines is 1. The summed E-state index contributed by atoms with van der Waals surface area (Å²) in [6.45, 7) is 2.04. The van der Waals surface area contributed by atoms with E-state index in [0.717, 1.165) is 13.1 Å². The van der Waals surface area contributed by atoms with Gasteiger partial charge in [-0.05, 0) is 12.1 Å². The van der Waals surface area contributed by atoms with E-state index in [9.17, 15) is 0 Å². The summed E-state index contributed by atoms with van der Waals surface area (Å²) in [7, 11) is 0. The Labute approximate surface area is 83.6 Å². The number of nitrogens with one attached hydrogen (secondary N) is 1. The van der Waals surface area contributed by atoms with E-state index in [1.807, 2.05) is 18.2 Å². The summed E-state index contributed by atoms with van der Waals surface area (Å²) < 4.78 is 0. The molecule has 1 heterocycles. The molecule has 1 aliphatic rings. The minimum absolute atomic E-state index is 0.220. The fourth-order valence-electron chi connectivity index (χ4n) is 1.61. The number of benzene rings is 1. The lowest BCUT2D eigenvalue weighted by atomic mass is 10.3. The predicted octanol–water partition coefficient (Wildman–Crippen LogP) is 1.42. The molecule has 0 aliphatic carbocycles. The number of nitrogens with zero attached hydrogens (tertiary/aromatic N) is 1. The lowest BCUT2D eigenvalue weighted by molar-refractivity contribution is 0.774. The molecule has 1 aliphatic heterocycles. The van der Waals surface area contributed by atoms with E-state index in [0.29, 0.717) is 0 Å². The zero-order valence-electron chi connectivity index (χ0n) is 7.31. The van der Waals surface area contributed by atoms with Crippen molar-refractivity contribution in [2.75, 3.05) is 18.0 Å². The Morgan fingerprint density at radius 2 is 2.15 bits per heavy atom. The minimum Gasteiger partial charge on any atom is -0.350 e. The van der Waals surface area contributed by atoms with Crippen LogP contribution in [0.4, 0.5) is 5.69 Å². The molecule has 3 heteroatoms. The molecular formula is C10H12N2S. The number of para-hydroxylation sites is 1. The fraction of sp³-hybridized carbons (Fsp3) is 0.300. The van der Waals surface area contributed by atoms with Gasteiger partial charge in [-0.15, -0.1) is 0 Å². The Balaban J connectivity index is 2.21. The third kappa shape index (κ3) is 1.71. The van der Waals surface area contributed by atoms with Crippen LogP contribution in [0.2, 0.25) is 0 Å². The topological polar surface area (TPSA) is 15.3 Å². The molecular weight excluding hydrogens is 180 g/mol. The van der Waals surface area contributed by atoms with Crippen LogP contribution < -0.4 is 10.2 Å². The van der Waals surface area contributed by atoms with Gasteiger partial charge in [0.1, 0.15) is 6.17 Å². The van der Waals surface area contributed by atoms with Gasteiger partial charge in [0.05, 0.1) is 0 Å². The third-order valence-corrected chi connectivity index (χ3v) is 2.52. The van der Waals surface area contributed by atoms with Gasteiger partial charge >= 0.3 is 0 Å². The molecule has 2 rings (SSSR count). The van der Waals surface area contributed by atoms with Crippen LogP contribution >= 0.6 is 12.2 Å². The summed E-state index contributed by atoms with van der Waals surface area (Å²) >= 11 is 4.96. The second kappa shape index (κ2) is 3.85. The van der Waals surface area contributed by atoms with Crippen LogP contribution in [0.5, 0.6) is 0 Å². The molecule has 1 unspecified atom stereocenters. The SMILES string of the molecule is S=CC1NCCN1c1ccccc1. The van der Waals surface area contributed by atoms with Crippen molar-refractivity contribution < 1.29 is 0 Å². The Hall–Kier alpha value is -0.930. The highest BCUT2D eigenvalue weighted by atomic mass is 32.1. The molecule has 1 aromatic carbocycles. The van der Waals surface area contributed by atoms with E-state index in [2.05, 4.69) is 22.3 Å². The van der Waals surface area contributed by atoms with Crippen molar-refractivity contribution in [3.05, 3.63) is 30.3 Å². The number of hydrogen-bond donors (Lipinski definition) is 1. The van der Waals surface area contributed by atoms with Crippen molar-refractivity contribution in [1.82, 2.24) is 5.32 Å². The molecule has 2 nitrogen and oxygen atoms in total. The van der Waals surface area contributed by atoms with Crippen molar-refractivity contribution >= 4 is 23.3 Å². The molecule has 0 spiro atoms. The summed E-state index contributed by atoms with van der Waals surface area (Å²) in [6, 6.07) is 10.3. The van der Waals surface area contributed by atoms with Gasteiger partial charge in [-0.25, -0.2) is 0 Å². The summed E-state index contributed by atoms with van der Waals surface area (Å²) in [5, 5.41) is 5.10. The van der Waals surface area contributed by atoms with Crippen molar-refractivity contribution in [3.63, 3.8) is 0 Å². The predicted molar refractivity (Wildman–Crippen MR) is 59.2 cm³/mol. The summed E-state index contributed by atoms with van der Waals surface area (Å²) in [5.74, 6) is 0. The van der Waals surface area contributed by atoms with Crippen molar-refractivity contribution in [2.45, 2.75) is 6.17 Å². The highest BCUT2D eigenvalue weighted by molar-refractivity contribution is 7.79. The molecule has 68 valence electrons. The molecule has 0 radical (unpaired) electrons. The third-order valence-electron chi connectivity index (χ3n) is 2.26. The lowest BCUT2D eigenvalue weighted by Crippen LogP contribution is -2.36. The Bertz CT molecular complexity index is 286. The first-order valence-corrected chi connectivity index (χ1v) is 4.89. The zero-order chi connectivity index (χ0) is 9.10. The molecule has 0 saturated carbocycles. The van der Waals surface area contributed by atoms with Crippen molar-refractivity contribution in [3.8, 4) is 0 Å². The molecule has 0 aromatic heterocycles. The molecule has 1 atom stereocenters. The quantitative estimate of drug-likeness (QED) is 0.713. The highest BCUT2D eigenvalue weighted by Crippen LogP contribution is 2.16. The minimum atomic E-state index is 0.220. The van der Waals surface area contributed by atoms with Crippen LogP contribution in [-0.2, 0) is 0 Å². The molecule has 1 fully saturated rings. The Kier molecular flexibility index (Phi) is 2.57. The second-order valence-corrected chi connectivity index (χ2v) is 3.34. The number of hydrogen-bond acceptors (Lipinski definition) is 3. The first-order valence-electron chi connectivity index (χ1n) is 4.42. The standard InChI is InChI=1S/C10H12N2S/c13-8-10-11-6-7-12(10)9-4-2-1-3-5-9/h1-5,8,10-11H,6-7H2. The summed E-state index contributed by atoms with van der Waals surface area (Å²) in [4.78, 5) is 2.27. The molecule has 1 N–H and O–H groups in total. The van der Waals surface area contributed by atoms with Crippen molar-refractivity contribution in [2.24, 2.45) is 0 Å². The smallest absolute Gasteiger partial charge is 0.109 e. The fourth-order valence-corrected chi connectivity index (χ4v) is 1.86. The average molecular weight is 192 g/mol. The lowest BCUT2D eigenvalue weighted by Gasteiger charge is -2.22. The van der Waals surface area contributed by atoms with E-state index in [1.165, 1.54) is 5.69 Å². The van der Waals surface area contributed by atoms with Crippen LogP contribution in [0.1, 0.15) is 0 Å². The van der Waals surface area contributed by atoms with E-state index >= 15 is 0 Å². The van der Waals surface area contributed by atoms with Crippen LogP contribution in [-0.4, -0.2) is 24.6 Å². The van der Waals surface area contributed by atoms with Gasteiger partial charge < -0.3 is 4.90 Å². The molecule has 1 aromatic rings. The monoisotopic (exact) mass is 192 g/mol. The molecule has 13 heavy (non-hydrogen) atoms. The second-order valence-electron chi connectivity index (χ2n) is 3.06. The highest BCUT2D eigenvalue weighted by Gasteiger charge is 2.20. The molecule has 0 bridgehead atoms. The van der Waals surface area contributed by atoms with Crippen molar-refractivity contribution in [1.29, 1.82) is 0 Å². The average Bonchev–Trinajstić information content (AvgIpc) is 2.67. The largest absolute Gasteiger partial charge is 0.350 e. The van der Waals surface area contributed by atoms with Crippen LogP contribution in [0.15, 0.2) is 30.3 Å². The van der Waals surface area contributed by atoms with Gasteiger partial charge in [0.2, 0.25) is 0 Å². The first kappa shape index (κ1) is 8.66. The van der Waals surface area contributed by atoms with Gasteiger partial charge in [0, 0.05) is 24.1 Å². The van der Waals surface area contributed by atoms with Gasteiger partial charge in [-0.3, -0.25) is 5.32 Å². The van der Waals surface area contributed by atoms with E-state index in [4.69, 9.17) is 12.2 Å². The van der Waals surface area contributed by atoms with E-state index in [1.54, 1.807) is 5.37 Å². The molecule has 1 saturated heterocycles. The number of thiocarbonyl (C=S) groups is 1.